The summed E-state index contributed by atoms with van der Waals surface area (Å²) in [7, 11) is 1.43. The molecule has 3 aliphatic heterocycles. The van der Waals surface area contributed by atoms with E-state index in [4.69, 9.17) is 14.2 Å². The number of methoxy groups -OCH3 is 1. The molecule has 0 spiro atoms. The van der Waals surface area contributed by atoms with Gasteiger partial charge in [0.2, 0.25) is 0 Å². The molecule has 0 saturated carbocycles. The molecule has 136 valence electrons. The molecule has 0 aliphatic carbocycles. The van der Waals surface area contributed by atoms with Gasteiger partial charge in [-0.25, -0.2) is 0 Å². The molecule has 0 bridgehead atoms. The average molecular weight is 340 g/mol. The van der Waals surface area contributed by atoms with Crippen molar-refractivity contribution in [2.24, 2.45) is 5.92 Å². The molecule has 3 aliphatic rings. The van der Waals surface area contributed by atoms with Gasteiger partial charge in [0.05, 0.1) is 13.7 Å². The maximum absolute atomic E-state index is 12.1. The second kappa shape index (κ2) is 8.27. The van der Waals surface area contributed by atoms with Gasteiger partial charge >= 0.3 is 11.9 Å². The van der Waals surface area contributed by atoms with Crippen LogP contribution in [0.5, 0.6) is 0 Å². The lowest BCUT2D eigenvalue weighted by atomic mass is 10.1. The van der Waals surface area contributed by atoms with E-state index in [0.29, 0.717) is 19.1 Å². The minimum absolute atomic E-state index is 0.158. The van der Waals surface area contributed by atoms with Crippen molar-refractivity contribution in [2.45, 2.75) is 50.2 Å². The topological polar surface area (TPSA) is 77.1 Å². The lowest BCUT2D eigenvalue weighted by Gasteiger charge is -2.34. The molecule has 3 fully saturated rings. The third-order valence-electron chi connectivity index (χ3n) is 5.37. The molecule has 24 heavy (non-hydrogen) atoms. The summed E-state index contributed by atoms with van der Waals surface area (Å²) in [5.41, 5.74) is 0. The van der Waals surface area contributed by atoms with E-state index in [1.165, 1.54) is 7.11 Å². The van der Waals surface area contributed by atoms with E-state index in [0.717, 1.165) is 52.0 Å². The zero-order valence-corrected chi connectivity index (χ0v) is 14.4. The summed E-state index contributed by atoms with van der Waals surface area (Å²) in [5, 5.41) is 3.16. The number of nitrogens with one attached hydrogen (secondary N) is 1. The SMILES string of the molecule is COC(=O)[C@@H]1CC(COC(=O)[C@@H]2CCCN2)CN1C1CCOCC1. The largest absolute Gasteiger partial charge is 0.468 e. The van der Waals surface area contributed by atoms with Crippen LogP contribution in [0.1, 0.15) is 32.1 Å². The summed E-state index contributed by atoms with van der Waals surface area (Å²) >= 11 is 0. The van der Waals surface area contributed by atoms with Crippen LogP contribution >= 0.6 is 0 Å². The lowest BCUT2D eigenvalue weighted by Crippen LogP contribution is -2.46. The van der Waals surface area contributed by atoms with Crippen molar-refractivity contribution in [3.63, 3.8) is 0 Å². The first-order valence-electron chi connectivity index (χ1n) is 9.00. The predicted octanol–water partition coefficient (Wildman–Crippen LogP) is 0.324. The molecule has 3 saturated heterocycles. The fourth-order valence-electron chi connectivity index (χ4n) is 4.05. The van der Waals surface area contributed by atoms with Gasteiger partial charge in [0.25, 0.3) is 0 Å². The van der Waals surface area contributed by atoms with Crippen molar-refractivity contribution < 1.29 is 23.8 Å². The molecule has 7 heteroatoms. The Kier molecular flexibility index (Phi) is 6.08. The maximum Gasteiger partial charge on any atom is 0.323 e. The third kappa shape index (κ3) is 4.07. The number of hydrogen-bond acceptors (Lipinski definition) is 7. The van der Waals surface area contributed by atoms with Crippen LogP contribution in [0.15, 0.2) is 0 Å². The molecule has 3 heterocycles. The number of rotatable bonds is 5. The summed E-state index contributed by atoms with van der Waals surface area (Å²) in [6.07, 6.45) is 4.43. The van der Waals surface area contributed by atoms with Crippen LogP contribution in [0.25, 0.3) is 0 Å². The quantitative estimate of drug-likeness (QED) is 0.723. The molecular formula is C17H28N2O5. The average Bonchev–Trinajstić information content (AvgIpc) is 3.29. The highest BCUT2D eigenvalue weighted by Crippen LogP contribution is 2.30. The number of likely N-dealkylation sites (tertiary alicyclic amines) is 1. The molecule has 0 aromatic carbocycles. The Balaban J connectivity index is 1.54. The molecular weight excluding hydrogens is 312 g/mol. The Bertz CT molecular complexity index is 446. The fourth-order valence-corrected chi connectivity index (χ4v) is 4.05. The zero-order valence-electron chi connectivity index (χ0n) is 14.4. The number of esters is 2. The fraction of sp³-hybridized carbons (Fsp3) is 0.882. The Morgan fingerprint density at radius 3 is 2.67 bits per heavy atom. The van der Waals surface area contributed by atoms with Gasteiger partial charge < -0.3 is 19.5 Å². The first kappa shape index (κ1) is 17.6. The number of carbonyl (C=O) groups is 2. The van der Waals surface area contributed by atoms with E-state index < -0.39 is 0 Å². The molecule has 3 rings (SSSR count). The van der Waals surface area contributed by atoms with Crippen molar-refractivity contribution in [3.8, 4) is 0 Å². The lowest BCUT2D eigenvalue weighted by molar-refractivity contribution is -0.147. The highest BCUT2D eigenvalue weighted by molar-refractivity contribution is 5.77. The van der Waals surface area contributed by atoms with Gasteiger partial charge in [-0.05, 0) is 38.6 Å². The van der Waals surface area contributed by atoms with Gasteiger partial charge in [0.1, 0.15) is 12.1 Å². The van der Waals surface area contributed by atoms with Crippen molar-refractivity contribution >= 4 is 11.9 Å². The first-order valence-corrected chi connectivity index (χ1v) is 9.00. The molecule has 0 aromatic rings. The first-order chi connectivity index (χ1) is 11.7. The van der Waals surface area contributed by atoms with E-state index in [-0.39, 0.29) is 29.9 Å². The number of ether oxygens (including phenoxy) is 3. The minimum Gasteiger partial charge on any atom is -0.468 e. The number of nitrogens with zero attached hydrogens (tertiary/aromatic N) is 1. The molecule has 3 atom stereocenters. The van der Waals surface area contributed by atoms with E-state index in [1.54, 1.807) is 0 Å². The Morgan fingerprint density at radius 2 is 2.00 bits per heavy atom. The van der Waals surface area contributed by atoms with Gasteiger partial charge in [-0.3, -0.25) is 14.5 Å². The van der Waals surface area contributed by atoms with Crippen LogP contribution < -0.4 is 5.32 Å². The normalized spacial score (nSPS) is 32.0. The molecule has 0 amide bonds. The van der Waals surface area contributed by atoms with Crippen LogP contribution in [-0.2, 0) is 23.8 Å². The third-order valence-corrected chi connectivity index (χ3v) is 5.37. The Morgan fingerprint density at radius 1 is 1.21 bits per heavy atom. The van der Waals surface area contributed by atoms with Gasteiger partial charge in [0.15, 0.2) is 0 Å². The molecule has 7 nitrogen and oxygen atoms in total. The minimum atomic E-state index is -0.230. The van der Waals surface area contributed by atoms with Crippen LogP contribution in [0.2, 0.25) is 0 Å². The van der Waals surface area contributed by atoms with E-state index in [9.17, 15) is 9.59 Å². The van der Waals surface area contributed by atoms with Crippen molar-refractivity contribution in [1.82, 2.24) is 10.2 Å². The highest BCUT2D eigenvalue weighted by atomic mass is 16.5. The smallest absolute Gasteiger partial charge is 0.323 e. The predicted molar refractivity (Wildman–Crippen MR) is 86.4 cm³/mol. The van der Waals surface area contributed by atoms with E-state index in [2.05, 4.69) is 10.2 Å². The van der Waals surface area contributed by atoms with Crippen molar-refractivity contribution in [1.29, 1.82) is 0 Å². The molecule has 1 unspecified atom stereocenters. The summed E-state index contributed by atoms with van der Waals surface area (Å²) in [5.74, 6) is -0.165. The number of carbonyl (C=O) groups excluding carboxylic acids is 2. The Hall–Kier alpha value is -1.18. The monoisotopic (exact) mass is 340 g/mol. The second-order valence-corrected chi connectivity index (χ2v) is 6.96. The van der Waals surface area contributed by atoms with Crippen LogP contribution in [0.4, 0.5) is 0 Å². The zero-order chi connectivity index (χ0) is 16.9. The Labute approximate surface area is 143 Å². The second-order valence-electron chi connectivity index (χ2n) is 6.96. The highest BCUT2D eigenvalue weighted by Gasteiger charge is 2.42. The van der Waals surface area contributed by atoms with Gasteiger partial charge in [0, 0.05) is 31.7 Å². The van der Waals surface area contributed by atoms with Crippen LogP contribution in [0.3, 0.4) is 0 Å². The van der Waals surface area contributed by atoms with Crippen LogP contribution in [0, 0.1) is 5.92 Å². The summed E-state index contributed by atoms with van der Waals surface area (Å²) < 4.78 is 15.9. The van der Waals surface area contributed by atoms with Crippen LogP contribution in [-0.4, -0.2) is 75.0 Å². The number of hydrogen-bond donors (Lipinski definition) is 1. The van der Waals surface area contributed by atoms with E-state index in [1.807, 2.05) is 0 Å². The van der Waals surface area contributed by atoms with Gasteiger partial charge in [-0.15, -0.1) is 0 Å². The summed E-state index contributed by atoms with van der Waals surface area (Å²) in [6.45, 7) is 3.51. The van der Waals surface area contributed by atoms with Gasteiger partial charge in [-0.2, -0.15) is 0 Å². The van der Waals surface area contributed by atoms with Crippen molar-refractivity contribution in [3.05, 3.63) is 0 Å². The van der Waals surface area contributed by atoms with Gasteiger partial charge in [-0.1, -0.05) is 0 Å². The molecule has 0 aromatic heterocycles. The molecule has 1 N–H and O–H groups in total. The summed E-state index contributed by atoms with van der Waals surface area (Å²) in [4.78, 5) is 26.4. The molecule has 0 radical (unpaired) electrons. The summed E-state index contributed by atoms with van der Waals surface area (Å²) in [6, 6.07) is -0.0409. The van der Waals surface area contributed by atoms with Crippen molar-refractivity contribution in [2.75, 3.05) is 40.0 Å². The maximum atomic E-state index is 12.1. The standard InChI is InChI=1S/C17H28N2O5/c1-22-17(21)15-9-12(10-19(15)13-4-7-23-8-5-13)11-24-16(20)14-3-2-6-18-14/h12-15,18H,2-11H2,1H3/t12?,14-,15-/m0/s1. The van der Waals surface area contributed by atoms with E-state index >= 15 is 0 Å².